The number of halogens is 1. The van der Waals surface area contributed by atoms with Crippen molar-refractivity contribution in [3.8, 4) is 0 Å². The van der Waals surface area contributed by atoms with E-state index in [1.54, 1.807) is 25.1 Å². The fourth-order valence-electron chi connectivity index (χ4n) is 1.92. The molecule has 0 aliphatic rings. The molecule has 0 saturated carbocycles. The Morgan fingerprint density at radius 1 is 1.35 bits per heavy atom. The van der Waals surface area contributed by atoms with Crippen LogP contribution in [0.4, 0.5) is 5.82 Å². The number of carbonyl (C=O) groups is 2. The summed E-state index contributed by atoms with van der Waals surface area (Å²) in [7, 11) is 1.50. The quantitative estimate of drug-likeness (QED) is 0.815. The Labute approximate surface area is 137 Å². The Kier molecular flexibility index (Phi) is 5.72. The van der Waals surface area contributed by atoms with Gasteiger partial charge in [-0.15, -0.1) is 0 Å². The summed E-state index contributed by atoms with van der Waals surface area (Å²) in [6.07, 6.45) is -0.463. The fourth-order valence-corrected chi connectivity index (χ4v) is 2.18. The van der Waals surface area contributed by atoms with Gasteiger partial charge in [0.2, 0.25) is 0 Å². The van der Waals surface area contributed by atoms with E-state index < -0.39 is 17.9 Å². The molecule has 1 aromatic heterocycles. The van der Waals surface area contributed by atoms with Crippen LogP contribution in [0.25, 0.3) is 0 Å². The van der Waals surface area contributed by atoms with Crippen molar-refractivity contribution in [2.45, 2.75) is 13.0 Å². The number of ether oxygens (including phenoxy) is 1. The van der Waals surface area contributed by atoms with Crippen LogP contribution in [0.2, 0.25) is 5.02 Å². The first-order valence-corrected chi connectivity index (χ1v) is 7.18. The molecule has 0 unspecified atom stereocenters. The van der Waals surface area contributed by atoms with Gasteiger partial charge in [0.05, 0.1) is 0 Å². The molecule has 2 N–H and O–H groups in total. The normalized spacial score (nSPS) is 11.8. The number of hydrogen-bond acceptors (Lipinski definition) is 5. The fraction of sp³-hybridized carbons (Fsp3) is 0.267. The van der Waals surface area contributed by atoms with Crippen molar-refractivity contribution in [2.75, 3.05) is 19.0 Å². The molecule has 0 aliphatic carbocycles. The summed E-state index contributed by atoms with van der Waals surface area (Å²) in [5, 5.41) is 8.93. The Hall–Kier alpha value is -2.38. The van der Waals surface area contributed by atoms with Crippen molar-refractivity contribution in [3.63, 3.8) is 0 Å². The number of benzene rings is 1. The number of anilines is 1. The maximum absolute atomic E-state index is 11.8. The number of amides is 2. The van der Waals surface area contributed by atoms with Crippen LogP contribution in [0, 0.1) is 6.92 Å². The van der Waals surface area contributed by atoms with Crippen LogP contribution in [0.15, 0.2) is 34.9 Å². The van der Waals surface area contributed by atoms with Gasteiger partial charge in [-0.05, 0) is 13.0 Å². The maximum Gasteiger partial charge on any atom is 0.314 e. The highest BCUT2D eigenvalue weighted by Gasteiger charge is 2.19. The molecule has 2 rings (SSSR count). The Morgan fingerprint density at radius 3 is 2.70 bits per heavy atom. The zero-order valence-corrected chi connectivity index (χ0v) is 13.4. The van der Waals surface area contributed by atoms with Crippen LogP contribution >= 0.6 is 11.6 Å². The predicted octanol–water partition coefficient (Wildman–Crippen LogP) is 2.08. The van der Waals surface area contributed by atoms with Gasteiger partial charge < -0.3 is 14.6 Å². The second-order valence-corrected chi connectivity index (χ2v) is 5.14. The highest BCUT2D eigenvalue weighted by Crippen LogP contribution is 2.24. The number of aromatic nitrogens is 1. The molecular weight excluding hydrogens is 322 g/mol. The Bertz CT molecular complexity index is 702. The number of nitrogens with one attached hydrogen (secondary N) is 2. The lowest BCUT2D eigenvalue weighted by Gasteiger charge is -2.17. The van der Waals surface area contributed by atoms with E-state index >= 15 is 0 Å². The molecular formula is C15H16ClN3O4. The minimum absolute atomic E-state index is 0.102. The van der Waals surface area contributed by atoms with Crippen molar-refractivity contribution in [2.24, 2.45) is 0 Å². The van der Waals surface area contributed by atoms with Gasteiger partial charge in [-0.25, -0.2) is 0 Å². The largest absolute Gasteiger partial charge is 0.375 e. The lowest BCUT2D eigenvalue weighted by atomic mass is 10.1. The number of aryl methyl sites for hydroxylation is 1. The van der Waals surface area contributed by atoms with Gasteiger partial charge in [0.15, 0.2) is 5.82 Å². The van der Waals surface area contributed by atoms with E-state index in [1.807, 2.05) is 6.07 Å². The molecule has 0 saturated heterocycles. The summed E-state index contributed by atoms with van der Waals surface area (Å²) in [4.78, 5) is 23.6. The van der Waals surface area contributed by atoms with Crippen LogP contribution in [0.1, 0.15) is 17.4 Å². The van der Waals surface area contributed by atoms with Gasteiger partial charge in [-0.1, -0.05) is 35.0 Å². The van der Waals surface area contributed by atoms with E-state index in [2.05, 4.69) is 15.8 Å². The first kappa shape index (κ1) is 17.0. The summed E-state index contributed by atoms with van der Waals surface area (Å²) in [6.45, 7) is 1.78. The molecule has 122 valence electrons. The van der Waals surface area contributed by atoms with Crippen LogP contribution in [-0.2, 0) is 14.3 Å². The molecule has 0 aliphatic heterocycles. The smallest absolute Gasteiger partial charge is 0.314 e. The van der Waals surface area contributed by atoms with Gasteiger partial charge in [0.25, 0.3) is 0 Å². The van der Waals surface area contributed by atoms with E-state index in [9.17, 15) is 9.59 Å². The highest BCUT2D eigenvalue weighted by molar-refractivity contribution is 6.39. The maximum atomic E-state index is 11.8. The molecule has 0 fully saturated rings. The number of nitrogens with zero attached hydrogens (tertiary/aromatic N) is 1. The molecule has 1 heterocycles. The topological polar surface area (TPSA) is 93.5 Å². The van der Waals surface area contributed by atoms with Crippen molar-refractivity contribution >= 4 is 29.2 Å². The number of hydrogen-bond donors (Lipinski definition) is 2. The first-order chi connectivity index (χ1) is 11.0. The van der Waals surface area contributed by atoms with Crippen LogP contribution in [0.3, 0.4) is 0 Å². The molecule has 0 spiro atoms. The molecule has 2 aromatic rings. The van der Waals surface area contributed by atoms with Crippen molar-refractivity contribution in [1.82, 2.24) is 10.5 Å². The minimum atomic E-state index is -0.840. The number of rotatable bonds is 5. The van der Waals surface area contributed by atoms with Gasteiger partial charge in [-0.3, -0.25) is 14.9 Å². The molecule has 0 bridgehead atoms. The van der Waals surface area contributed by atoms with E-state index in [1.165, 1.54) is 13.2 Å². The van der Waals surface area contributed by atoms with E-state index in [0.717, 1.165) is 5.56 Å². The summed E-state index contributed by atoms with van der Waals surface area (Å²) < 4.78 is 10.1. The van der Waals surface area contributed by atoms with E-state index in [-0.39, 0.29) is 12.4 Å². The van der Waals surface area contributed by atoms with E-state index in [0.29, 0.717) is 10.8 Å². The molecule has 0 radical (unpaired) electrons. The van der Waals surface area contributed by atoms with Crippen LogP contribution < -0.4 is 10.6 Å². The van der Waals surface area contributed by atoms with Gasteiger partial charge in [0, 0.05) is 30.3 Å². The van der Waals surface area contributed by atoms with E-state index in [4.69, 9.17) is 20.9 Å². The van der Waals surface area contributed by atoms with Crippen LogP contribution in [0.5, 0.6) is 0 Å². The van der Waals surface area contributed by atoms with Gasteiger partial charge >= 0.3 is 11.8 Å². The van der Waals surface area contributed by atoms with Gasteiger partial charge in [0.1, 0.15) is 11.9 Å². The van der Waals surface area contributed by atoms with Crippen molar-refractivity contribution < 1.29 is 18.8 Å². The molecule has 7 nitrogen and oxygen atoms in total. The molecule has 1 aromatic carbocycles. The average Bonchev–Trinajstić information content (AvgIpc) is 2.94. The highest BCUT2D eigenvalue weighted by atomic mass is 35.5. The SMILES string of the molecule is CO[C@H](CNC(=O)C(=O)Nc1cc(C)on1)c1ccccc1Cl. The molecule has 1 atom stereocenters. The summed E-state index contributed by atoms with van der Waals surface area (Å²) in [5.41, 5.74) is 0.726. The minimum Gasteiger partial charge on any atom is -0.375 e. The first-order valence-electron chi connectivity index (χ1n) is 6.81. The van der Waals surface area contributed by atoms with Crippen molar-refractivity contribution in [3.05, 3.63) is 46.7 Å². The zero-order valence-electron chi connectivity index (χ0n) is 12.6. The number of methoxy groups -OCH3 is 1. The van der Waals surface area contributed by atoms with Gasteiger partial charge in [-0.2, -0.15) is 0 Å². The molecule has 2 amide bonds. The third-order valence-corrected chi connectivity index (χ3v) is 3.40. The second-order valence-electron chi connectivity index (χ2n) is 4.73. The third-order valence-electron chi connectivity index (χ3n) is 3.06. The third kappa shape index (κ3) is 4.54. The van der Waals surface area contributed by atoms with Crippen molar-refractivity contribution in [1.29, 1.82) is 0 Å². The average molecular weight is 338 g/mol. The molecule has 23 heavy (non-hydrogen) atoms. The standard InChI is InChI=1S/C15H16ClN3O4/c1-9-7-13(19-23-9)18-15(21)14(20)17-8-12(22-2)10-5-3-4-6-11(10)16/h3-7,12H,8H2,1-2H3,(H,17,20)(H,18,19,21)/t12-/m1/s1. The predicted molar refractivity (Wildman–Crippen MR) is 84.1 cm³/mol. The zero-order chi connectivity index (χ0) is 16.8. The summed E-state index contributed by atoms with van der Waals surface area (Å²) in [6, 6.07) is 8.64. The second kappa shape index (κ2) is 7.75. The lowest BCUT2D eigenvalue weighted by molar-refractivity contribution is -0.136. The lowest BCUT2D eigenvalue weighted by Crippen LogP contribution is -2.38. The molecule has 8 heteroatoms. The number of carbonyl (C=O) groups excluding carboxylic acids is 2. The van der Waals surface area contributed by atoms with Crippen LogP contribution in [-0.4, -0.2) is 30.6 Å². The summed E-state index contributed by atoms with van der Waals surface area (Å²) >= 11 is 6.09. The Balaban J connectivity index is 1.92. The Morgan fingerprint density at radius 2 is 2.09 bits per heavy atom. The monoisotopic (exact) mass is 337 g/mol. The summed E-state index contributed by atoms with van der Waals surface area (Å²) in [5.74, 6) is -0.942.